The van der Waals surface area contributed by atoms with Crippen molar-refractivity contribution in [3.05, 3.63) is 24.0 Å². The van der Waals surface area contributed by atoms with Crippen LogP contribution in [0.4, 0.5) is 0 Å². The summed E-state index contributed by atoms with van der Waals surface area (Å²) in [6.07, 6.45) is 4.29. The Balaban J connectivity index is 1.93. The predicted octanol–water partition coefficient (Wildman–Crippen LogP) is 1.62. The van der Waals surface area contributed by atoms with Crippen molar-refractivity contribution >= 4 is 0 Å². The minimum atomic E-state index is -0.170. The molecular formula is C13H22N2O. The molecule has 3 heteroatoms. The third-order valence-electron chi connectivity index (χ3n) is 3.66. The van der Waals surface area contributed by atoms with Crippen molar-refractivity contribution in [2.24, 2.45) is 13.0 Å². The number of nitrogens with zero attached hydrogens (tertiary/aromatic N) is 2. The molecule has 90 valence electrons. The van der Waals surface area contributed by atoms with Crippen molar-refractivity contribution in [2.45, 2.75) is 32.4 Å². The average molecular weight is 222 g/mol. The highest BCUT2D eigenvalue weighted by atomic mass is 16.3. The van der Waals surface area contributed by atoms with Crippen molar-refractivity contribution in [1.29, 1.82) is 0 Å². The van der Waals surface area contributed by atoms with Gasteiger partial charge in [-0.25, -0.2) is 0 Å². The number of likely N-dealkylation sites (tertiary alicyclic amines) is 1. The van der Waals surface area contributed by atoms with E-state index in [1.807, 2.05) is 6.92 Å². The summed E-state index contributed by atoms with van der Waals surface area (Å²) in [5.41, 5.74) is 1.35. The normalized spacial score (nSPS) is 24.6. The first-order valence-electron chi connectivity index (χ1n) is 6.17. The van der Waals surface area contributed by atoms with E-state index in [4.69, 9.17) is 0 Å². The number of rotatable bonds is 3. The van der Waals surface area contributed by atoms with Crippen LogP contribution in [0.1, 0.15) is 25.5 Å². The molecule has 1 fully saturated rings. The molecule has 0 spiro atoms. The monoisotopic (exact) mass is 222 g/mol. The first-order valence-corrected chi connectivity index (χ1v) is 6.17. The number of hydrogen-bond donors (Lipinski definition) is 1. The number of aliphatic hydroxyl groups excluding tert-OH is 1. The van der Waals surface area contributed by atoms with Crippen LogP contribution < -0.4 is 0 Å². The molecule has 2 rings (SSSR count). The molecule has 3 nitrogen and oxygen atoms in total. The molecule has 0 aromatic carbocycles. The van der Waals surface area contributed by atoms with Gasteiger partial charge in [0, 0.05) is 32.0 Å². The Morgan fingerprint density at radius 2 is 2.38 bits per heavy atom. The zero-order valence-electron chi connectivity index (χ0n) is 10.3. The largest absolute Gasteiger partial charge is 0.393 e. The SMILES string of the molecule is CC(O)C1CCCN(Cc2cccn2C)C1. The second-order valence-corrected chi connectivity index (χ2v) is 4.99. The highest BCUT2D eigenvalue weighted by Gasteiger charge is 2.23. The van der Waals surface area contributed by atoms with Crippen LogP contribution in [-0.2, 0) is 13.6 Å². The van der Waals surface area contributed by atoms with Gasteiger partial charge in [-0.2, -0.15) is 0 Å². The highest BCUT2D eigenvalue weighted by Crippen LogP contribution is 2.21. The van der Waals surface area contributed by atoms with Gasteiger partial charge in [0.15, 0.2) is 0 Å². The first kappa shape index (κ1) is 11.7. The summed E-state index contributed by atoms with van der Waals surface area (Å²) in [5.74, 6) is 0.453. The van der Waals surface area contributed by atoms with E-state index >= 15 is 0 Å². The number of piperidine rings is 1. The van der Waals surface area contributed by atoms with Gasteiger partial charge in [0.2, 0.25) is 0 Å². The van der Waals surface area contributed by atoms with Gasteiger partial charge in [-0.15, -0.1) is 0 Å². The third kappa shape index (κ3) is 2.66. The summed E-state index contributed by atoms with van der Waals surface area (Å²) in [4.78, 5) is 2.45. The Morgan fingerprint density at radius 3 is 3.00 bits per heavy atom. The zero-order valence-corrected chi connectivity index (χ0v) is 10.3. The number of aromatic nitrogens is 1. The van der Waals surface area contributed by atoms with E-state index in [2.05, 4.69) is 34.8 Å². The quantitative estimate of drug-likeness (QED) is 0.842. The molecule has 0 saturated carbocycles. The first-order chi connectivity index (χ1) is 7.66. The topological polar surface area (TPSA) is 28.4 Å². The molecule has 1 aliphatic heterocycles. The van der Waals surface area contributed by atoms with Crippen molar-refractivity contribution < 1.29 is 5.11 Å². The van der Waals surface area contributed by atoms with E-state index in [0.717, 1.165) is 19.6 Å². The van der Waals surface area contributed by atoms with Crippen molar-refractivity contribution in [2.75, 3.05) is 13.1 Å². The maximum Gasteiger partial charge on any atom is 0.0552 e. The summed E-state index contributed by atoms with van der Waals surface area (Å²) in [6.45, 7) is 5.11. The number of hydrogen-bond acceptors (Lipinski definition) is 2. The van der Waals surface area contributed by atoms with Crippen LogP contribution in [0.3, 0.4) is 0 Å². The minimum absolute atomic E-state index is 0.170. The Labute approximate surface area is 97.7 Å². The van der Waals surface area contributed by atoms with Gasteiger partial charge in [-0.05, 0) is 44.4 Å². The van der Waals surface area contributed by atoms with Gasteiger partial charge in [0.1, 0.15) is 0 Å². The van der Waals surface area contributed by atoms with Gasteiger partial charge < -0.3 is 9.67 Å². The van der Waals surface area contributed by atoms with Gasteiger partial charge in [0.05, 0.1) is 6.10 Å². The number of aryl methyl sites for hydroxylation is 1. The lowest BCUT2D eigenvalue weighted by atomic mass is 9.93. The summed E-state index contributed by atoms with van der Waals surface area (Å²) in [7, 11) is 2.09. The molecule has 2 atom stereocenters. The molecule has 1 aromatic rings. The van der Waals surface area contributed by atoms with E-state index in [9.17, 15) is 5.11 Å². The molecule has 0 aliphatic carbocycles. The molecule has 1 N–H and O–H groups in total. The zero-order chi connectivity index (χ0) is 11.5. The maximum atomic E-state index is 9.64. The summed E-state index contributed by atoms with van der Waals surface area (Å²) < 4.78 is 2.17. The van der Waals surface area contributed by atoms with Gasteiger partial charge in [-0.3, -0.25) is 4.90 Å². The van der Waals surface area contributed by atoms with Crippen LogP contribution in [0, 0.1) is 5.92 Å². The second-order valence-electron chi connectivity index (χ2n) is 4.99. The minimum Gasteiger partial charge on any atom is -0.393 e. The lowest BCUT2D eigenvalue weighted by Gasteiger charge is -2.34. The number of aliphatic hydroxyl groups is 1. The van der Waals surface area contributed by atoms with Crippen LogP contribution in [0.15, 0.2) is 18.3 Å². The lowest BCUT2D eigenvalue weighted by molar-refractivity contribution is 0.0591. The van der Waals surface area contributed by atoms with E-state index < -0.39 is 0 Å². The molecule has 1 aromatic heterocycles. The smallest absolute Gasteiger partial charge is 0.0552 e. The average Bonchev–Trinajstić information content (AvgIpc) is 2.65. The Kier molecular flexibility index (Phi) is 3.66. The molecule has 0 amide bonds. The van der Waals surface area contributed by atoms with E-state index in [-0.39, 0.29) is 6.10 Å². The van der Waals surface area contributed by atoms with Crippen molar-refractivity contribution in [1.82, 2.24) is 9.47 Å². The summed E-state index contributed by atoms with van der Waals surface area (Å²) in [6, 6.07) is 4.26. The highest BCUT2D eigenvalue weighted by molar-refractivity contribution is 5.06. The van der Waals surface area contributed by atoms with Crippen molar-refractivity contribution in [3.63, 3.8) is 0 Å². The molecule has 2 heterocycles. The molecule has 1 saturated heterocycles. The predicted molar refractivity (Wildman–Crippen MR) is 65.1 cm³/mol. The molecular weight excluding hydrogens is 200 g/mol. The van der Waals surface area contributed by atoms with Gasteiger partial charge >= 0.3 is 0 Å². The standard InChI is InChI=1S/C13H22N2O/c1-11(16)12-5-3-8-15(9-12)10-13-6-4-7-14(13)2/h4,6-7,11-12,16H,3,5,8-10H2,1-2H3. The Hall–Kier alpha value is -0.800. The second kappa shape index (κ2) is 5.02. The molecule has 1 aliphatic rings. The van der Waals surface area contributed by atoms with Crippen LogP contribution in [0.5, 0.6) is 0 Å². The van der Waals surface area contributed by atoms with E-state index in [1.165, 1.54) is 18.5 Å². The van der Waals surface area contributed by atoms with Crippen LogP contribution in [0.25, 0.3) is 0 Å². The molecule has 16 heavy (non-hydrogen) atoms. The maximum absolute atomic E-state index is 9.64. The van der Waals surface area contributed by atoms with Gasteiger partial charge in [0.25, 0.3) is 0 Å². The summed E-state index contributed by atoms with van der Waals surface area (Å²) >= 11 is 0. The van der Waals surface area contributed by atoms with Crippen LogP contribution in [0.2, 0.25) is 0 Å². The Bertz CT molecular complexity index is 332. The van der Waals surface area contributed by atoms with Gasteiger partial charge in [-0.1, -0.05) is 0 Å². The van der Waals surface area contributed by atoms with E-state index in [0.29, 0.717) is 5.92 Å². The molecule has 0 radical (unpaired) electrons. The lowest BCUT2D eigenvalue weighted by Crippen LogP contribution is -2.39. The molecule has 2 unspecified atom stereocenters. The van der Waals surface area contributed by atoms with Crippen LogP contribution in [-0.4, -0.2) is 33.8 Å². The van der Waals surface area contributed by atoms with E-state index in [1.54, 1.807) is 0 Å². The van der Waals surface area contributed by atoms with Crippen LogP contribution >= 0.6 is 0 Å². The Morgan fingerprint density at radius 1 is 1.56 bits per heavy atom. The third-order valence-corrected chi connectivity index (χ3v) is 3.66. The fraction of sp³-hybridized carbons (Fsp3) is 0.692. The molecule has 0 bridgehead atoms. The van der Waals surface area contributed by atoms with Crippen molar-refractivity contribution in [3.8, 4) is 0 Å². The summed E-state index contributed by atoms with van der Waals surface area (Å²) in [5, 5.41) is 9.64. The fourth-order valence-corrected chi connectivity index (χ4v) is 2.52. The fourth-order valence-electron chi connectivity index (χ4n) is 2.52.